The number of phenols is 1. The lowest BCUT2D eigenvalue weighted by molar-refractivity contribution is -0.137. The van der Waals surface area contributed by atoms with Gasteiger partial charge in [-0.15, -0.1) is 16.5 Å². The van der Waals surface area contributed by atoms with Gasteiger partial charge in [0.2, 0.25) is 0 Å². The minimum Gasteiger partial charge on any atom is -0.506 e. The Balaban J connectivity index is 1.54. The Morgan fingerprint density at radius 1 is 0.967 bits per heavy atom. The van der Waals surface area contributed by atoms with Gasteiger partial charge < -0.3 is 9.84 Å². The van der Waals surface area contributed by atoms with Crippen molar-refractivity contribution in [3.8, 4) is 22.1 Å². The van der Waals surface area contributed by atoms with Crippen molar-refractivity contribution in [2.45, 2.75) is 6.18 Å². The lowest BCUT2D eigenvalue weighted by Crippen LogP contribution is -2.03. The van der Waals surface area contributed by atoms with Crippen molar-refractivity contribution in [1.82, 2.24) is 4.98 Å². The molecule has 0 atom stereocenters. The maximum absolute atomic E-state index is 12.7. The Labute approximate surface area is 173 Å². The molecule has 0 fully saturated rings. The van der Waals surface area contributed by atoms with Crippen LogP contribution in [0.5, 0.6) is 11.5 Å². The maximum Gasteiger partial charge on any atom is 0.416 e. The van der Waals surface area contributed by atoms with Gasteiger partial charge in [-0.3, -0.25) is 0 Å². The van der Waals surface area contributed by atoms with Gasteiger partial charge in [-0.05, 0) is 54.6 Å². The number of nitrogens with zero attached hydrogens (tertiary/aromatic N) is 3. The summed E-state index contributed by atoms with van der Waals surface area (Å²) >= 11 is 1.55. The first-order chi connectivity index (χ1) is 14.3. The number of azo groups is 1. The van der Waals surface area contributed by atoms with Gasteiger partial charge >= 0.3 is 6.18 Å². The van der Waals surface area contributed by atoms with Gasteiger partial charge in [0.25, 0.3) is 0 Å². The normalized spacial score (nSPS) is 12.0. The van der Waals surface area contributed by atoms with E-state index in [-0.39, 0.29) is 5.69 Å². The van der Waals surface area contributed by atoms with Gasteiger partial charge in [0, 0.05) is 11.6 Å². The van der Waals surface area contributed by atoms with E-state index >= 15 is 0 Å². The van der Waals surface area contributed by atoms with Crippen LogP contribution in [0, 0.1) is 0 Å². The average molecular weight is 429 g/mol. The van der Waals surface area contributed by atoms with Crippen LogP contribution in [0.1, 0.15) is 5.56 Å². The largest absolute Gasteiger partial charge is 0.506 e. The molecule has 0 radical (unpaired) electrons. The molecule has 0 saturated heterocycles. The molecular formula is C21H14F3N3O2S. The first-order valence-corrected chi connectivity index (χ1v) is 9.52. The van der Waals surface area contributed by atoms with E-state index in [0.717, 1.165) is 38.7 Å². The number of benzene rings is 3. The fourth-order valence-corrected chi connectivity index (χ4v) is 3.68. The molecule has 0 amide bonds. The summed E-state index contributed by atoms with van der Waals surface area (Å²) in [5, 5.41) is 18.4. The molecule has 1 N–H and O–H groups in total. The highest BCUT2D eigenvalue weighted by Gasteiger charge is 2.31. The monoisotopic (exact) mass is 429 g/mol. The van der Waals surface area contributed by atoms with Crippen molar-refractivity contribution in [3.05, 3.63) is 66.2 Å². The fourth-order valence-electron chi connectivity index (χ4n) is 2.72. The third-order valence-electron chi connectivity index (χ3n) is 4.28. The number of halogens is 3. The fraction of sp³-hybridized carbons (Fsp3) is 0.0952. The van der Waals surface area contributed by atoms with Gasteiger partial charge in [0.15, 0.2) is 0 Å². The lowest BCUT2D eigenvalue weighted by atomic mass is 10.2. The van der Waals surface area contributed by atoms with Crippen molar-refractivity contribution in [2.24, 2.45) is 10.2 Å². The van der Waals surface area contributed by atoms with E-state index < -0.39 is 17.5 Å². The molecular weight excluding hydrogens is 415 g/mol. The van der Waals surface area contributed by atoms with E-state index in [9.17, 15) is 18.3 Å². The topological polar surface area (TPSA) is 67.1 Å². The number of aromatic hydroxyl groups is 1. The van der Waals surface area contributed by atoms with Crippen molar-refractivity contribution < 1.29 is 23.0 Å². The van der Waals surface area contributed by atoms with Crippen LogP contribution in [0.3, 0.4) is 0 Å². The number of aromatic nitrogens is 1. The molecule has 152 valence electrons. The van der Waals surface area contributed by atoms with Crippen molar-refractivity contribution in [2.75, 3.05) is 7.11 Å². The Morgan fingerprint density at radius 2 is 1.73 bits per heavy atom. The minimum atomic E-state index is -4.53. The molecule has 0 bridgehead atoms. The molecule has 1 aromatic heterocycles. The van der Waals surface area contributed by atoms with Crippen LogP contribution in [-0.4, -0.2) is 17.2 Å². The van der Waals surface area contributed by atoms with Crippen LogP contribution in [0.15, 0.2) is 70.9 Å². The number of alkyl halides is 3. The summed E-state index contributed by atoms with van der Waals surface area (Å²) in [5.41, 5.74) is 1.23. The number of rotatable bonds is 4. The Hall–Kier alpha value is -3.46. The standard InChI is InChI=1S/C21H14F3N3O2S/c1-29-15-7-9-19-17(11-15)25-20(30-19)12-2-5-14(6-3-12)26-27-16-8-4-13(10-18(16)28)21(22,23)24/h2-11,28H,1H3/b27-26+. The highest BCUT2D eigenvalue weighted by molar-refractivity contribution is 7.21. The highest BCUT2D eigenvalue weighted by atomic mass is 32.1. The summed E-state index contributed by atoms with van der Waals surface area (Å²) in [6, 6.07) is 15.3. The molecule has 9 heteroatoms. The number of hydrogen-bond donors (Lipinski definition) is 1. The summed E-state index contributed by atoms with van der Waals surface area (Å²) in [6.45, 7) is 0. The molecule has 0 spiro atoms. The molecule has 4 aromatic rings. The molecule has 4 rings (SSSR count). The van der Waals surface area contributed by atoms with E-state index in [1.54, 1.807) is 30.6 Å². The molecule has 0 unspecified atom stereocenters. The van der Waals surface area contributed by atoms with Crippen molar-refractivity contribution in [1.29, 1.82) is 0 Å². The average Bonchev–Trinajstić information content (AvgIpc) is 3.15. The van der Waals surface area contributed by atoms with Crippen molar-refractivity contribution >= 4 is 32.9 Å². The Bertz CT molecular complexity index is 1230. The zero-order chi connectivity index (χ0) is 21.3. The summed E-state index contributed by atoms with van der Waals surface area (Å²) in [7, 11) is 1.60. The molecule has 30 heavy (non-hydrogen) atoms. The highest BCUT2D eigenvalue weighted by Crippen LogP contribution is 2.37. The van der Waals surface area contributed by atoms with Gasteiger partial charge in [0.1, 0.15) is 22.2 Å². The number of phenolic OH excluding ortho intramolecular Hbond substituents is 1. The zero-order valence-corrected chi connectivity index (χ0v) is 16.3. The van der Waals surface area contributed by atoms with Crippen LogP contribution in [-0.2, 0) is 6.18 Å². The summed E-state index contributed by atoms with van der Waals surface area (Å²) < 4.78 is 44.2. The second kappa shape index (κ2) is 7.75. The van der Waals surface area contributed by atoms with E-state index in [1.165, 1.54) is 0 Å². The van der Waals surface area contributed by atoms with E-state index in [1.807, 2.05) is 30.3 Å². The predicted octanol–water partition coefficient (Wildman–Crippen LogP) is 7.11. The van der Waals surface area contributed by atoms with Gasteiger partial charge in [-0.2, -0.15) is 18.3 Å². The van der Waals surface area contributed by atoms with Gasteiger partial charge in [0.05, 0.1) is 28.6 Å². The number of fused-ring (bicyclic) bond motifs is 1. The van der Waals surface area contributed by atoms with Crippen LogP contribution in [0.25, 0.3) is 20.8 Å². The molecule has 0 aliphatic heterocycles. The second-order valence-electron chi connectivity index (χ2n) is 6.30. The van der Waals surface area contributed by atoms with Crippen LogP contribution in [0.4, 0.5) is 24.5 Å². The van der Waals surface area contributed by atoms with Crippen LogP contribution >= 0.6 is 11.3 Å². The van der Waals surface area contributed by atoms with Gasteiger partial charge in [-0.25, -0.2) is 4.98 Å². The molecule has 3 aromatic carbocycles. The molecule has 0 aliphatic carbocycles. The molecule has 5 nitrogen and oxygen atoms in total. The summed E-state index contributed by atoms with van der Waals surface area (Å²) in [4.78, 5) is 4.61. The number of ether oxygens (including phenoxy) is 1. The molecule has 1 heterocycles. The predicted molar refractivity (Wildman–Crippen MR) is 109 cm³/mol. The lowest BCUT2D eigenvalue weighted by Gasteiger charge is -2.07. The molecule has 0 aliphatic rings. The van der Waals surface area contributed by atoms with Crippen LogP contribution in [0.2, 0.25) is 0 Å². The van der Waals surface area contributed by atoms with E-state index in [2.05, 4.69) is 15.2 Å². The number of methoxy groups -OCH3 is 1. The minimum absolute atomic E-state index is 0.0489. The zero-order valence-electron chi connectivity index (χ0n) is 15.5. The SMILES string of the molecule is COc1ccc2sc(-c3ccc(/N=N/c4ccc(C(F)(F)F)cc4O)cc3)nc2c1. The quantitative estimate of drug-likeness (QED) is 0.352. The molecule has 0 saturated carbocycles. The number of hydrogen-bond acceptors (Lipinski definition) is 6. The maximum atomic E-state index is 12.7. The third-order valence-corrected chi connectivity index (χ3v) is 5.37. The van der Waals surface area contributed by atoms with E-state index in [0.29, 0.717) is 11.8 Å². The first kappa shape index (κ1) is 19.8. The first-order valence-electron chi connectivity index (χ1n) is 8.70. The van der Waals surface area contributed by atoms with E-state index in [4.69, 9.17) is 4.74 Å². The Kier molecular flexibility index (Phi) is 5.13. The Morgan fingerprint density at radius 3 is 2.40 bits per heavy atom. The van der Waals surface area contributed by atoms with Gasteiger partial charge in [-0.1, -0.05) is 0 Å². The number of thiazole rings is 1. The second-order valence-corrected chi connectivity index (χ2v) is 7.33. The smallest absolute Gasteiger partial charge is 0.416 e. The third kappa shape index (κ3) is 4.11. The van der Waals surface area contributed by atoms with Crippen LogP contribution < -0.4 is 4.74 Å². The van der Waals surface area contributed by atoms with Crippen molar-refractivity contribution in [3.63, 3.8) is 0 Å². The summed E-state index contributed by atoms with van der Waals surface area (Å²) in [6.07, 6.45) is -4.53. The summed E-state index contributed by atoms with van der Waals surface area (Å²) in [5.74, 6) is 0.150.